The number of hydrogen-bond acceptors (Lipinski definition) is 8. The molecule has 0 saturated heterocycles. The molecule has 0 bridgehead atoms. The number of carbonyl (C=O) groups excluding carboxylic acids is 2. The third-order valence-electron chi connectivity index (χ3n) is 5.07. The Hall–Kier alpha value is -4.05. The minimum atomic E-state index is -4.04. The first kappa shape index (κ1) is 24.1. The van der Waals surface area contributed by atoms with E-state index in [0.717, 1.165) is 5.56 Å². The maximum Gasteiger partial charge on any atom is 0.339 e. The van der Waals surface area contributed by atoms with E-state index >= 15 is 0 Å². The maximum atomic E-state index is 12.6. The third kappa shape index (κ3) is 5.90. The Morgan fingerprint density at radius 3 is 2.37 bits per heavy atom. The molecule has 1 amide bonds. The van der Waals surface area contributed by atoms with Gasteiger partial charge in [0.15, 0.2) is 18.1 Å². The number of hydrogen-bond donors (Lipinski definition) is 1. The fourth-order valence-corrected chi connectivity index (χ4v) is 4.57. The van der Waals surface area contributed by atoms with Crippen LogP contribution in [0.2, 0.25) is 0 Å². The predicted molar refractivity (Wildman–Crippen MR) is 127 cm³/mol. The quantitative estimate of drug-likeness (QED) is 0.388. The Morgan fingerprint density at radius 2 is 1.63 bits per heavy atom. The highest BCUT2D eigenvalue weighted by Crippen LogP contribution is 2.32. The van der Waals surface area contributed by atoms with Crippen molar-refractivity contribution in [2.75, 3.05) is 25.1 Å². The predicted octanol–water partition coefficient (Wildman–Crippen LogP) is 3.64. The number of ether oxygens (including phenoxy) is 3. The lowest BCUT2D eigenvalue weighted by Crippen LogP contribution is -2.21. The van der Waals surface area contributed by atoms with Crippen molar-refractivity contribution >= 4 is 27.7 Å². The van der Waals surface area contributed by atoms with Crippen LogP contribution in [0.4, 0.5) is 5.69 Å². The zero-order chi connectivity index (χ0) is 25.0. The Morgan fingerprint density at radius 1 is 0.914 bits per heavy atom. The van der Waals surface area contributed by atoms with Crippen LogP contribution in [0.3, 0.4) is 0 Å². The van der Waals surface area contributed by atoms with E-state index in [9.17, 15) is 18.0 Å². The van der Waals surface area contributed by atoms with Gasteiger partial charge < -0.3 is 23.7 Å². The summed E-state index contributed by atoms with van der Waals surface area (Å²) in [6.45, 7) is 3.84. The minimum absolute atomic E-state index is 0.0406. The largest absolute Gasteiger partial charge is 0.486 e. The lowest BCUT2D eigenvalue weighted by molar-refractivity contribution is -0.119. The molecule has 9 nitrogen and oxygen atoms in total. The van der Waals surface area contributed by atoms with Crippen LogP contribution in [0, 0.1) is 13.8 Å². The number of esters is 1. The van der Waals surface area contributed by atoms with E-state index < -0.39 is 28.6 Å². The lowest BCUT2D eigenvalue weighted by Gasteiger charge is -2.19. The average molecular weight is 498 g/mol. The Bertz CT molecular complexity index is 1370. The number of fused-ring (bicyclic) bond motifs is 1. The van der Waals surface area contributed by atoms with Gasteiger partial charge in [-0.3, -0.25) is 4.79 Å². The summed E-state index contributed by atoms with van der Waals surface area (Å²) in [5, 5.41) is 2.62. The molecule has 1 heterocycles. The van der Waals surface area contributed by atoms with Gasteiger partial charge in [0.05, 0.1) is 5.56 Å². The third-order valence-corrected chi connectivity index (χ3v) is 6.46. The molecule has 0 spiro atoms. The second-order valence-electron chi connectivity index (χ2n) is 7.81. The van der Waals surface area contributed by atoms with Gasteiger partial charge >= 0.3 is 16.1 Å². The topological polar surface area (TPSA) is 117 Å². The summed E-state index contributed by atoms with van der Waals surface area (Å²) in [6.07, 6.45) is 0. The maximum absolute atomic E-state index is 12.6. The molecule has 1 aliphatic rings. The van der Waals surface area contributed by atoms with Crippen molar-refractivity contribution in [3.8, 4) is 17.2 Å². The van der Waals surface area contributed by atoms with Gasteiger partial charge in [-0.15, -0.1) is 0 Å². The van der Waals surface area contributed by atoms with Gasteiger partial charge in [0, 0.05) is 11.8 Å². The van der Waals surface area contributed by atoms with Crippen LogP contribution in [0.15, 0.2) is 65.6 Å². The van der Waals surface area contributed by atoms with Crippen LogP contribution in [0.25, 0.3) is 0 Å². The molecule has 1 aliphatic heterocycles. The Kier molecular flexibility index (Phi) is 6.92. The van der Waals surface area contributed by atoms with Crippen LogP contribution in [0.5, 0.6) is 17.2 Å². The standard InChI is InChI=1S/C25H23NO8S/c1-16-3-4-17(2)23(13-16)35(29,30)34-20-8-5-18(6-9-20)25(28)33-15-24(27)26-19-7-10-21-22(14-19)32-12-11-31-21/h3-10,13-14H,11-12,15H2,1-2H3,(H,26,27). The van der Waals surface area contributed by atoms with Crippen molar-refractivity contribution in [2.45, 2.75) is 18.7 Å². The van der Waals surface area contributed by atoms with E-state index in [1.54, 1.807) is 38.1 Å². The molecule has 0 fully saturated rings. The summed E-state index contributed by atoms with van der Waals surface area (Å²) in [5.74, 6) is -0.123. The van der Waals surface area contributed by atoms with Crippen molar-refractivity contribution < 1.29 is 36.4 Å². The van der Waals surface area contributed by atoms with Gasteiger partial charge in [0.1, 0.15) is 23.9 Å². The summed E-state index contributed by atoms with van der Waals surface area (Å²) in [6, 6.07) is 15.4. The summed E-state index contributed by atoms with van der Waals surface area (Å²) >= 11 is 0. The van der Waals surface area contributed by atoms with Gasteiger partial charge in [-0.25, -0.2) is 4.79 Å². The number of amides is 1. The molecule has 0 aliphatic carbocycles. The highest BCUT2D eigenvalue weighted by Gasteiger charge is 2.20. The normalized spacial score (nSPS) is 12.5. The van der Waals surface area contributed by atoms with Crippen molar-refractivity contribution in [3.63, 3.8) is 0 Å². The van der Waals surface area contributed by atoms with Crippen molar-refractivity contribution in [2.24, 2.45) is 0 Å². The van der Waals surface area contributed by atoms with E-state index in [1.807, 2.05) is 6.07 Å². The first-order valence-electron chi connectivity index (χ1n) is 10.7. The van der Waals surface area contributed by atoms with Crippen LogP contribution in [0.1, 0.15) is 21.5 Å². The van der Waals surface area contributed by atoms with Gasteiger partial charge in [0.25, 0.3) is 5.91 Å². The smallest absolute Gasteiger partial charge is 0.339 e. The van der Waals surface area contributed by atoms with Crippen molar-refractivity contribution in [1.82, 2.24) is 0 Å². The minimum Gasteiger partial charge on any atom is -0.486 e. The van der Waals surface area contributed by atoms with Gasteiger partial charge in [-0.2, -0.15) is 8.42 Å². The van der Waals surface area contributed by atoms with Crippen LogP contribution in [-0.2, 0) is 19.6 Å². The molecule has 0 atom stereocenters. The molecular weight excluding hydrogens is 474 g/mol. The lowest BCUT2D eigenvalue weighted by atomic mass is 10.2. The highest BCUT2D eigenvalue weighted by atomic mass is 32.2. The van der Waals surface area contributed by atoms with Crippen molar-refractivity contribution in [1.29, 1.82) is 0 Å². The molecule has 3 aromatic rings. The van der Waals surface area contributed by atoms with E-state index in [1.165, 1.54) is 30.3 Å². The molecule has 0 saturated carbocycles. The molecule has 1 N–H and O–H groups in total. The van der Waals surface area contributed by atoms with Crippen LogP contribution < -0.4 is 19.0 Å². The zero-order valence-corrected chi connectivity index (χ0v) is 19.9. The SMILES string of the molecule is Cc1ccc(C)c(S(=O)(=O)Oc2ccc(C(=O)OCC(=O)Nc3ccc4c(c3)OCCO4)cc2)c1. The number of rotatable bonds is 7. The average Bonchev–Trinajstić information content (AvgIpc) is 2.84. The number of aryl methyl sites for hydroxylation is 2. The van der Waals surface area contributed by atoms with E-state index in [0.29, 0.717) is 36.0 Å². The van der Waals surface area contributed by atoms with E-state index in [4.69, 9.17) is 18.4 Å². The van der Waals surface area contributed by atoms with Gasteiger partial charge in [0.2, 0.25) is 0 Å². The molecule has 0 unspecified atom stereocenters. The highest BCUT2D eigenvalue weighted by molar-refractivity contribution is 7.87. The number of anilines is 1. The first-order chi connectivity index (χ1) is 16.7. The van der Waals surface area contributed by atoms with E-state index in [-0.39, 0.29) is 16.2 Å². The molecule has 10 heteroatoms. The summed E-state index contributed by atoms with van der Waals surface area (Å²) < 4.78 is 46.4. The molecule has 4 rings (SSSR count). The molecule has 3 aromatic carbocycles. The number of benzene rings is 3. The summed E-state index contributed by atoms with van der Waals surface area (Å²) in [5.41, 5.74) is 1.95. The number of carbonyl (C=O) groups is 2. The summed E-state index contributed by atoms with van der Waals surface area (Å²) in [7, 11) is -4.04. The number of nitrogens with one attached hydrogen (secondary N) is 1. The fraction of sp³-hybridized carbons (Fsp3) is 0.200. The summed E-state index contributed by atoms with van der Waals surface area (Å²) in [4.78, 5) is 24.5. The molecule has 0 aromatic heterocycles. The van der Waals surface area contributed by atoms with Gasteiger partial charge in [-0.1, -0.05) is 12.1 Å². The Balaban J connectivity index is 1.32. The first-order valence-corrected chi connectivity index (χ1v) is 12.1. The Labute approximate surface area is 202 Å². The monoisotopic (exact) mass is 497 g/mol. The molecule has 182 valence electrons. The molecular formula is C25H23NO8S. The van der Waals surface area contributed by atoms with Crippen LogP contribution >= 0.6 is 0 Å². The van der Waals surface area contributed by atoms with Crippen molar-refractivity contribution in [3.05, 3.63) is 77.4 Å². The van der Waals surface area contributed by atoms with E-state index in [2.05, 4.69) is 5.32 Å². The molecule has 0 radical (unpaired) electrons. The van der Waals surface area contributed by atoms with Crippen LogP contribution in [-0.4, -0.2) is 40.1 Å². The zero-order valence-electron chi connectivity index (χ0n) is 19.1. The second-order valence-corrected chi connectivity index (χ2v) is 9.33. The van der Waals surface area contributed by atoms with Gasteiger partial charge in [-0.05, 0) is 67.4 Å². The molecule has 35 heavy (non-hydrogen) atoms. The second kappa shape index (κ2) is 10.1. The fourth-order valence-electron chi connectivity index (χ4n) is 3.33.